The number of fused-ring (bicyclic) bond motifs is 1. The Morgan fingerprint density at radius 2 is 2.00 bits per heavy atom. The summed E-state index contributed by atoms with van der Waals surface area (Å²) in [7, 11) is 1.47. The molecule has 6 rings (SSSR count). The first kappa shape index (κ1) is 24.7. The number of anilines is 1. The number of amides is 1. The van der Waals surface area contributed by atoms with Gasteiger partial charge in [0.2, 0.25) is 5.91 Å². The molecule has 0 saturated carbocycles. The summed E-state index contributed by atoms with van der Waals surface area (Å²) >= 11 is 6.30. The summed E-state index contributed by atoms with van der Waals surface area (Å²) < 4.78 is 8.18. The fourth-order valence-electron chi connectivity index (χ4n) is 4.93. The van der Waals surface area contributed by atoms with Crippen molar-refractivity contribution in [3.63, 3.8) is 0 Å². The van der Waals surface area contributed by atoms with Crippen molar-refractivity contribution < 1.29 is 9.53 Å². The number of tetrazole rings is 1. The van der Waals surface area contributed by atoms with E-state index in [1.165, 1.54) is 13.4 Å². The van der Waals surface area contributed by atoms with E-state index in [2.05, 4.69) is 30.8 Å². The summed E-state index contributed by atoms with van der Waals surface area (Å²) in [6, 6.07) is 16.2. The summed E-state index contributed by atoms with van der Waals surface area (Å²) in [4.78, 5) is 33.1. The smallest absolute Gasteiger partial charge is 0.252 e. The van der Waals surface area contributed by atoms with Crippen molar-refractivity contribution in [3.8, 4) is 28.1 Å². The highest BCUT2D eigenvalue weighted by Crippen LogP contribution is 2.34. The number of hydrogen-bond donors (Lipinski definition) is 2. The van der Waals surface area contributed by atoms with E-state index in [1.54, 1.807) is 27.6 Å². The lowest BCUT2D eigenvalue weighted by molar-refractivity contribution is -0.119. The molecular weight excluding hydrogens is 520 g/mol. The highest BCUT2D eigenvalue weighted by Gasteiger charge is 2.28. The molecule has 5 aromatic rings. The minimum atomic E-state index is -0.218. The Kier molecular flexibility index (Phi) is 6.51. The first-order valence-corrected chi connectivity index (χ1v) is 12.6. The number of aromatic nitrogens is 7. The predicted octanol–water partition coefficient (Wildman–Crippen LogP) is 3.66. The number of nitrogens with one attached hydrogen (secondary N) is 2. The molecule has 0 radical (unpaired) electrons. The van der Waals surface area contributed by atoms with Gasteiger partial charge in [0, 0.05) is 35.1 Å². The average molecular weight is 543 g/mol. The molecule has 4 heterocycles. The van der Waals surface area contributed by atoms with Crippen molar-refractivity contribution in [3.05, 3.63) is 94.0 Å². The topological polar surface area (TPSA) is 133 Å². The zero-order valence-electron chi connectivity index (χ0n) is 20.8. The van der Waals surface area contributed by atoms with Crippen molar-refractivity contribution >= 4 is 23.2 Å². The monoisotopic (exact) mass is 542 g/mol. The molecule has 1 amide bonds. The Morgan fingerprint density at radius 3 is 2.77 bits per heavy atom. The van der Waals surface area contributed by atoms with Crippen LogP contribution in [-0.4, -0.2) is 54.4 Å². The van der Waals surface area contributed by atoms with Gasteiger partial charge in [-0.3, -0.25) is 9.59 Å². The molecule has 3 aromatic heterocycles. The van der Waals surface area contributed by atoms with Gasteiger partial charge in [-0.1, -0.05) is 23.7 Å². The van der Waals surface area contributed by atoms with Gasteiger partial charge in [-0.25, -0.2) is 4.98 Å². The van der Waals surface area contributed by atoms with Crippen LogP contribution in [0.2, 0.25) is 5.02 Å². The predicted molar refractivity (Wildman–Crippen MR) is 145 cm³/mol. The number of pyridine rings is 1. The van der Waals surface area contributed by atoms with E-state index in [0.29, 0.717) is 16.5 Å². The average Bonchev–Trinajstić information content (AvgIpc) is 3.70. The van der Waals surface area contributed by atoms with Crippen molar-refractivity contribution in [1.82, 2.24) is 34.7 Å². The van der Waals surface area contributed by atoms with Crippen LogP contribution >= 0.6 is 11.6 Å². The molecule has 0 spiro atoms. The molecule has 1 unspecified atom stereocenters. The van der Waals surface area contributed by atoms with Gasteiger partial charge in [0.05, 0.1) is 23.6 Å². The molecular formula is C27H23ClN8O3. The van der Waals surface area contributed by atoms with Gasteiger partial charge >= 0.3 is 0 Å². The zero-order chi connectivity index (χ0) is 26.9. The third-order valence-corrected chi connectivity index (χ3v) is 6.90. The summed E-state index contributed by atoms with van der Waals surface area (Å²) in [5.74, 6) is 0.498. The number of halogens is 1. The number of nitrogens with zero attached hydrogens (tertiary/aromatic N) is 6. The summed E-state index contributed by atoms with van der Waals surface area (Å²) in [5, 5.41) is 14.8. The van der Waals surface area contributed by atoms with Crippen LogP contribution in [0, 0.1) is 0 Å². The number of H-pyrrole nitrogens is 1. The number of imidazole rings is 1. The van der Waals surface area contributed by atoms with Crippen molar-refractivity contribution in [2.75, 3.05) is 19.0 Å². The van der Waals surface area contributed by atoms with Crippen LogP contribution in [-0.2, 0) is 16.0 Å². The van der Waals surface area contributed by atoms with Crippen LogP contribution < -0.4 is 10.9 Å². The molecule has 11 nitrogen and oxygen atoms in total. The van der Waals surface area contributed by atoms with Crippen molar-refractivity contribution in [1.29, 1.82) is 0 Å². The summed E-state index contributed by atoms with van der Waals surface area (Å²) in [6.45, 7) is -0.00502. The lowest BCUT2D eigenvalue weighted by Gasteiger charge is -2.15. The van der Waals surface area contributed by atoms with Crippen LogP contribution in [0.4, 0.5) is 5.69 Å². The SMILES string of the molecule is COCC(=O)Nc1ccc(-c2cnc(C3CCc4cc(-c5cc(Cl)ccc5-n5cnnn5)cc(=O)n43)[nH]2)cc1. The quantitative estimate of drug-likeness (QED) is 0.321. The van der Waals surface area contributed by atoms with Gasteiger partial charge in [-0.15, -0.1) is 5.10 Å². The molecule has 12 heteroatoms. The Bertz CT molecular complexity index is 1710. The maximum Gasteiger partial charge on any atom is 0.252 e. The third kappa shape index (κ3) is 4.85. The molecule has 0 aliphatic carbocycles. The minimum absolute atomic E-state index is 0.00502. The molecule has 39 heavy (non-hydrogen) atoms. The Hall–Kier alpha value is -4.61. The van der Waals surface area contributed by atoms with E-state index in [9.17, 15) is 9.59 Å². The number of carbonyl (C=O) groups is 1. The molecule has 1 aliphatic heterocycles. The Morgan fingerprint density at radius 1 is 1.15 bits per heavy atom. The highest BCUT2D eigenvalue weighted by atomic mass is 35.5. The van der Waals surface area contributed by atoms with Crippen molar-refractivity contribution in [2.45, 2.75) is 18.9 Å². The van der Waals surface area contributed by atoms with Crippen LogP contribution in [0.5, 0.6) is 0 Å². The van der Waals surface area contributed by atoms with E-state index < -0.39 is 0 Å². The molecule has 196 valence electrons. The molecule has 0 fully saturated rings. The van der Waals surface area contributed by atoms with E-state index in [0.717, 1.165) is 46.6 Å². The second kappa shape index (κ2) is 10.3. The number of aryl methyl sites for hydroxylation is 1. The van der Waals surface area contributed by atoms with Crippen LogP contribution in [0.3, 0.4) is 0 Å². The maximum absolute atomic E-state index is 13.4. The standard InChI is InChI=1S/C27H23ClN8O3/c1-39-14-25(37)31-19-5-2-16(3-6-19)22-13-29-27(32-22)24-9-7-20-10-17(11-26(38)36(20)24)21-12-18(28)4-8-23(21)35-15-30-33-34-35/h2-6,8,10-13,15,24H,7,9,14H2,1H3,(H,29,32)(H,31,37). The Labute approximate surface area is 227 Å². The van der Waals surface area contributed by atoms with Gasteiger partial charge < -0.3 is 19.6 Å². The summed E-state index contributed by atoms with van der Waals surface area (Å²) in [5.41, 5.74) is 5.44. The number of ether oxygens (including phenoxy) is 1. The van der Waals surface area contributed by atoms with E-state index in [1.807, 2.05) is 42.5 Å². The number of rotatable bonds is 7. The van der Waals surface area contributed by atoms with Crippen LogP contribution in [0.1, 0.15) is 24.0 Å². The van der Waals surface area contributed by atoms with Gasteiger partial charge in [-0.05, 0) is 70.8 Å². The number of aromatic amines is 1. The Balaban J connectivity index is 1.28. The summed E-state index contributed by atoms with van der Waals surface area (Å²) in [6.07, 6.45) is 4.73. The second-order valence-corrected chi connectivity index (χ2v) is 9.59. The van der Waals surface area contributed by atoms with Crippen molar-refractivity contribution in [2.24, 2.45) is 0 Å². The van der Waals surface area contributed by atoms with E-state index in [-0.39, 0.29) is 24.1 Å². The molecule has 0 saturated heterocycles. The normalized spacial score (nSPS) is 14.4. The number of hydrogen-bond acceptors (Lipinski definition) is 7. The fraction of sp³-hybridized carbons (Fsp3) is 0.185. The van der Waals surface area contributed by atoms with Gasteiger partial charge in [-0.2, -0.15) is 4.68 Å². The number of methoxy groups -OCH3 is 1. The zero-order valence-corrected chi connectivity index (χ0v) is 21.6. The molecule has 2 aromatic carbocycles. The van der Waals surface area contributed by atoms with Crippen LogP contribution in [0.15, 0.2) is 71.9 Å². The lowest BCUT2D eigenvalue weighted by atomic mass is 10.0. The maximum atomic E-state index is 13.4. The van der Waals surface area contributed by atoms with Gasteiger partial charge in [0.1, 0.15) is 18.8 Å². The van der Waals surface area contributed by atoms with E-state index >= 15 is 0 Å². The second-order valence-electron chi connectivity index (χ2n) is 9.15. The third-order valence-electron chi connectivity index (χ3n) is 6.67. The van der Waals surface area contributed by atoms with Gasteiger partial charge in [0.15, 0.2) is 0 Å². The molecule has 2 N–H and O–H groups in total. The first-order valence-electron chi connectivity index (χ1n) is 12.2. The largest absolute Gasteiger partial charge is 0.375 e. The minimum Gasteiger partial charge on any atom is -0.375 e. The molecule has 1 aliphatic rings. The first-order chi connectivity index (χ1) is 19.0. The molecule has 0 bridgehead atoms. The van der Waals surface area contributed by atoms with Gasteiger partial charge in [0.25, 0.3) is 5.56 Å². The van der Waals surface area contributed by atoms with Crippen LogP contribution in [0.25, 0.3) is 28.1 Å². The molecule has 1 atom stereocenters. The highest BCUT2D eigenvalue weighted by molar-refractivity contribution is 6.31. The van der Waals surface area contributed by atoms with E-state index in [4.69, 9.17) is 16.3 Å². The number of benzene rings is 2. The number of carbonyl (C=O) groups excluding carboxylic acids is 1. The fourth-order valence-corrected chi connectivity index (χ4v) is 5.11. The lowest BCUT2D eigenvalue weighted by Crippen LogP contribution is -2.23.